The van der Waals surface area contributed by atoms with Gasteiger partial charge in [-0.2, -0.15) is 0 Å². The second kappa shape index (κ2) is 3.35. The molecule has 4 aliphatic carbocycles. The first-order valence-electron chi connectivity index (χ1n) is 7.14. The van der Waals surface area contributed by atoms with E-state index < -0.39 is 0 Å². The lowest BCUT2D eigenvalue weighted by Gasteiger charge is -2.36. The lowest BCUT2D eigenvalue weighted by atomic mass is 9.69. The quantitative estimate of drug-likeness (QED) is 0.522. The molecule has 0 aromatic carbocycles. The summed E-state index contributed by atoms with van der Waals surface area (Å²) in [6.45, 7) is 4.06. The molecule has 0 N–H and O–H groups in total. The molecular formula is C15H22O. The van der Waals surface area contributed by atoms with Crippen molar-refractivity contribution in [2.24, 2.45) is 41.4 Å². The maximum absolute atomic E-state index is 5.68. The van der Waals surface area contributed by atoms with Gasteiger partial charge in [-0.3, -0.25) is 0 Å². The predicted octanol–water partition coefficient (Wildman–Crippen LogP) is 3.12. The third kappa shape index (κ3) is 1.11. The van der Waals surface area contributed by atoms with E-state index >= 15 is 0 Å². The summed E-state index contributed by atoms with van der Waals surface area (Å²) in [7, 11) is 0. The van der Waals surface area contributed by atoms with Crippen LogP contribution in [0.2, 0.25) is 0 Å². The maximum Gasteiger partial charge on any atom is 0.0496 e. The summed E-state index contributed by atoms with van der Waals surface area (Å²) in [6, 6.07) is 0. The Morgan fingerprint density at radius 3 is 2.69 bits per heavy atom. The number of ether oxygens (including phenoxy) is 1. The Kier molecular flexibility index (Phi) is 2.03. The number of fused-ring (bicyclic) bond motifs is 9. The maximum atomic E-state index is 5.68. The standard InChI is InChI=1S/C15H22O/c1-2-16-8-12-6-11-7-13(12)15-10-4-3-9(5-10)14(11)15/h3-4,9-15H,2,5-8H2,1H3. The van der Waals surface area contributed by atoms with Gasteiger partial charge in [-0.25, -0.2) is 0 Å². The van der Waals surface area contributed by atoms with E-state index in [1.807, 2.05) is 0 Å². The van der Waals surface area contributed by atoms with Crippen LogP contribution in [0, 0.1) is 41.4 Å². The largest absolute Gasteiger partial charge is 0.381 e. The van der Waals surface area contributed by atoms with E-state index in [9.17, 15) is 0 Å². The average molecular weight is 218 g/mol. The molecule has 4 rings (SSSR count). The highest BCUT2D eigenvalue weighted by Crippen LogP contribution is 2.66. The van der Waals surface area contributed by atoms with Gasteiger partial charge in [0, 0.05) is 13.2 Å². The van der Waals surface area contributed by atoms with Crippen LogP contribution < -0.4 is 0 Å². The summed E-state index contributed by atoms with van der Waals surface area (Å²) < 4.78 is 5.68. The van der Waals surface area contributed by atoms with Crippen molar-refractivity contribution in [3.05, 3.63) is 12.2 Å². The Balaban J connectivity index is 1.54. The van der Waals surface area contributed by atoms with Crippen LogP contribution in [-0.2, 0) is 4.74 Å². The minimum atomic E-state index is 0.897. The van der Waals surface area contributed by atoms with E-state index in [-0.39, 0.29) is 0 Å². The Morgan fingerprint density at radius 1 is 1.06 bits per heavy atom. The van der Waals surface area contributed by atoms with Crippen LogP contribution in [0.5, 0.6) is 0 Å². The molecule has 1 nitrogen and oxygen atoms in total. The van der Waals surface area contributed by atoms with Gasteiger partial charge in [0.1, 0.15) is 0 Å². The Labute approximate surface area is 98.2 Å². The molecule has 0 heterocycles. The van der Waals surface area contributed by atoms with E-state index in [2.05, 4.69) is 19.1 Å². The fraction of sp³-hybridized carbons (Fsp3) is 0.867. The molecule has 7 unspecified atom stereocenters. The van der Waals surface area contributed by atoms with Crippen molar-refractivity contribution >= 4 is 0 Å². The summed E-state index contributed by atoms with van der Waals surface area (Å²) in [6.07, 6.45) is 9.56. The van der Waals surface area contributed by atoms with Crippen LogP contribution >= 0.6 is 0 Å². The number of rotatable bonds is 3. The number of hydrogen-bond acceptors (Lipinski definition) is 1. The zero-order valence-electron chi connectivity index (χ0n) is 10.1. The van der Waals surface area contributed by atoms with Gasteiger partial charge >= 0.3 is 0 Å². The molecule has 0 aromatic rings. The van der Waals surface area contributed by atoms with Gasteiger partial charge in [0.2, 0.25) is 0 Å². The third-order valence-corrected chi connectivity index (χ3v) is 5.94. The molecule has 3 saturated carbocycles. The lowest BCUT2D eigenvalue weighted by molar-refractivity contribution is 0.0528. The molecule has 4 aliphatic rings. The molecule has 1 heteroatoms. The molecule has 4 bridgehead atoms. The highest BCUT2D eigenvalue weighted by atomic mass is 16.5. The first-order valence-corrected chi connectivity index (χ1v) is 7.14. The van der Waals surface area contributed by atoms with E-state index in [0.717, 1.165) is 54.6 Å². The molecule has 0 spiro atoms. The lowest BCUT2D eigenvalue weighted by Crippen LogP contribution is -2.32. The van der Waals surface area contributed by atoms with Crippen molar-refractivity contribution in [1.29, 1.82) is 0 Å². The molecule has 0 aliphatic heterocycles. The van der Waals surface area contributed by atoms with E-state index in [0.29, 0.717) is 0 Å². The van der Waals surface area contributed by atoms with E-state index in [1.165, 1.54) is 19.3 Å². The Bertz CT molecular complexity index is 321. The summed E-state index contributed by atoms with van der Waals surface area (Å²) in [5, 5.41) is 0. The molecule has 3 fully saturated rings. The van der Waals surface area contributed by atoms with Crippen LogP contribution in [0.4, 0.5) is 0 Å². The molecule has 16 heavy (non-hydrogen) atoms. The Morgan fingerprint density at radius 2 is 1.88 bits per heavy atom. The molecule has 0 amide bonds. The Hall–Kier alpha value is -0.300. The first-order chi connectivity index (χ1) is 7.88. The van der Waals surface area contributed by atoms with E-state index in [1.54, 1.807) is 0 Å². The second-order valence-electron chi connectivity index (χ2n) is 6.42. The second-order valence-corrected chi connectivity index (χ2v) is 6.42. The fourth-order valence-electron chi connectivity index (χ4n) is 5.61. The van der Waals surface area contributed by atoms with Gasteiger partial charge < -0.3 is 4.74 Å². The minimum Gasteiger partial charge on any atom is -0.381 e. The van der Waals surface area contributed by atoms with Crippen molar-refractivity contribution in [1.82, 2.24) is 0 Å². The molecular weight excluding hydrogens is 196 g/mol. The monoisotopic (exact) mass is 218 g/mol. The highest BCUT2D eigenvalue weighted by molar-refractivity contribution is 5.20. The van der Waals surface area contributed by atoms with Crippen molar-refractivity contribution in [2.45, 2.75) is 26.2 Å². The molecule has 88 valence electrons. The normalized spacial score (nSPS) is 56.2. The molecule has 0 aromatic heterocycles. The first kappa shape index (κ1) is 9.70. The summed E-state index contributed by atoms with van der Waals surface area (Å²) in [5.41, 5.74) is 0. The molecule has 7 atom stereocenters. The minimum absolute atomic E-state index is 0.897. The van der Waals surface area contributed by atoms with Gasteiger partial charge in [0.25, 0.3) is 0 Å². The number of hydrogen-bond donors (Lipinski definition) is 0. The smallest absolute Gasteiger partial charge is 0.0496 e. The van der Waals surface area contributed by atoms with Gasteiger partial charge in [-0.1, -0.05) is 12.2 Å². The fourth-order valence-corrected chi connectivity index (χ4v) is 5.61. The van der Waals surface area contributed by atoms with Crippen LogP contribution in [-0.4, -0.2) is 13.2 Å². The zero-order chi connectivity index (χ0) is 10.7. The van der Waals surface area contributed by atoms with Gasteiger partial charge in [-0.05, 0) is 67.6 Å². The van der Waals surface area contributed by atoms with Crippen LogP contribution in [0.15, 0.2) is 12.2 Å². The van der Waals surface area contributed by atoms with Crippen molar-refractivity contribution in [2.75, 3.05) is 13.2 Å². The van der Waals surface area contributed by atoms with Gasteiger partial charge in [-0.15, -0.1) is 0 Å². The highest BCUT2D eigenvalue weighted by Gasteiger charge is 2.60. The summed E-state index contributed by atoms with van der Waals surface area (Å²) in [5.74, 6) is 7.03. The topological polar surface area (TPSA) is 9.23 Å². The van der Waals surface area contributed by atoms with E-state index in [4.69, 9.17) is 4.74 Å². The van der Waals surface area contributed by atoms with Crippen molar-refractivity contribution in [3.8, 4) is 0 Å². The predicted molar refractivity (Wildman–Crippen MR) is 63.9 cm³/mol. The summed E-state index contributed by atoms with van der Waals surface area (Å²) in [4.78, 5) is 0. The third-order valence-electron chi connectivity index (χ3n) is 5.94. The van der Waals surface area contributed by atoms with Crippen LogP contribution in [0.25, 0.3) is 0 Å². The molecule has 0 saturated heterocycles. The van der Waals surface area contributed by atoms with Crippen molar-refractivity contribution in [3.63, 3.8) is 0 Å². The zero-order valence-corrected chi connectivity index (χ0v) is 10.1. The number of allylic oxidation sites excluding steroid dienone is 2. The van der Waals surface area contributed by atoms with Gasteiger partial charge in [0.15, 0.2) is 0 Å². The SMILES string of the molecule is CCOCC1CC2CC1C1C3C=CC(C3)C21. The summed E-state index contributed by atoms with van der Waals surface area (Å²) >= 11 is 0. The average Bonchev–Trinajstić information content (AvgIpc) is 3.02. The molecule has 0 radical (unpaired) electrons. The van der Waals surface area contributed by atoms with Crippen molar-refractivity contribution < 1.29 is 4.74 Å². The van der Waals surface area contributed by atoms with Gasteiger partial charge in [0.05, 0.1) is 0 Å². The van der Waals surface area contributed by atoms with Crippen LogP contribution in [0.3, 0.4) is 0 Å². The van der Waals surface area contributed by atoms with Crippen LogP contribution in [0.1, 0.15) is 26.2 Å².